The molecule has 0 aliphatic heterocycles. The molecule has 1 aromatic heterocycles. The number of aromatic nitrogens is 2. The van der Waals surface area contributed by atoms with Crippen LogP contribution in [0.4, 0.5) is 4.79 Å². The van der Waals surface area contributed by atoms with Crippen LogP contribution >= 0.6 is 0 Å². The Morgan fingerprint density at radius 3 is 2.24 bits per heavy atom. The summed E-state index contributed by atoms with van der Waals surface area (Å²) in [5.41, 5.74) is 1.71. The van der Waals surface area contributed by atoms with E-state index in [-0.39, 0.29) is 17.5 Å². The normalized spacial score (nSPS) is 13.9. The Balaban J connectivity index is 1.80. The lowest BCUT2D eigenvalue weighted by Crippen LogP contribution is -2.47. The Kier molecular flexibility index (Phi) is 7.71. The van der Waals surface area contributed by atoms with Crippen molar-refractivity contribution < 1.29 is 18.4 Å². The predicted molar refractivity (Wildman–Crippen MR) is 130 cm³/mol. The first-order valence-electron chi connectivity index (χ1n) is 11.1. The standard InChI is InChI=1S/C25H33N3O4Si/c1-18(32-33(5,6)25(2,3)4)21(26-24(29)30-17-19-13-9-7-10-14-19)23-28-27-22(31-23)20-15-11-8-12-16-20/h7-16,18,21H,17H2,1-6H3,(H,26,29)/t18-,21+/m1/s1. The SMILES string of the molecule is C[C@@H](O[Si](C)(C)C(C)(C)C)[C@H](NC(=O)OCc1ccccc1)c1nnc(-c2ccccc2)o1. The lowest BCUT2D eigenvalue weighted by Gasteiger charge is -2.39. The second-order valence-corrected chi connectivity index (χ2v) is 14.3. The van der Waals surface area contributed by atoms with Gasteiger partial charge in [0.1, 0.15) is 12.6 Å². The van der Waals surface area contributed by atoms with Crippen molar-refractivity contribution in [2.75, 3.05) is 0 Å². The van der Waals surface area contributed by atoms with Gasteiger partial charge in [-0.15, -0.1) is 10.2 Å². The van der Waals surface area contributed by atoms with E-state index < -0.39 is 26.6 Å². The Hall–Kier alpha value is -2.97. The molecule has 176 valence electrons. The Labute approximate surface area is 196 Å². The minimum absolute atomic E-state index is 0.00364. The number of benzene rings is 2. The number of hydrogen-bond donors (Lipinski definition) is 1. The van der Waals surface area contributed by atoms with Gasteiger partial charge in [-0.05, 0) is 42.8 Å². The molecule has 0 spiro atoms. The van der Waals surface area contributed by atoms with Crippen molar-refractivity contribution >= 4 is 14.4 Å². The minimum atomic E-state index is -2.12. The number of rotatable bonds is 8. The van der Waals surface area contributed by atoms with Crippen LogP contribution < -0.4 is 5.32 Å². The number of carbonyl (C=O) groups is 1. The zero-order chi connectivity index (χ0) is 24.1. The molecule has 1 N–H and O–H groups in total. The fraction of sp³-hybridized carbons (Fsp3) is 0.400. The fourth-order valence-electron chi connectivity index (χ4n) is 3.04. The van der Waals surface area contributed by atoms with Crippen molar-refractivity contribution in [2.45, 2.75) is 64.6 Å². The van der Waals surface area contributed by atoms with Crippen LogP contribution in [0.15, 0.2) is 65.1 Å². The third-order valence-corrected chi connectivity index (χ3v) is 10.5. The highest BCUT2D eigenvalue weighted by molar-refractivity contribution is 6.74. The van der Waals surface area contributed by atoms with E-state index >= 15 is 0 Å². The highest BCUT2D eigenvalue weighted by atomic mass is 28.4. The summed E-state index contributed by atoms with van der Waals surface area (Å²) in [7, 11) is -2.12. The largest absolute Gasteiger partial charge is 0.445 e. The van der Waals surface area contributed by atoms with E-state index in [1.165, 1.54) is 0 Å². The summed E-state index contributed by atoms with van der Waals surface area (Å²) >= 11 is 0. The fourth-order valence-corrected chi connectivity index (χ4v) is 4.46. The number of hydrogen-bond acceptors (Lipinski definition) is 6. The molecule has 3 rings (SSSR count). The van der Waals surface area contributed by atoms with E-state index in [0.717, 1.165) is 11.1 Å². The van der Waals surface area contributed by atoms with Crippen molar-refractivity contribution in [2.24, 2.45) is 0 Å². The van der Waals surface area contributed by atoms with E-state index in [1.807, 2.05) is 67.6 Å². The first kappa shape index (κ1) is 24.7. The Morgan fingerprint density at radius 1 is 1.03 bits per heavy atom. The molecular formula is C25H33N3O4Si. The van der Waals surface area contributed by atoms with E-state index in [9.17, 15) is 4.79 Å². The van der Waals surface area contributed by atoms with Crippen LogP contribution in [0.5, 0.6) is 0 Å². The van der Waals surface area contributed by atoms with Crippen molar-refractivity contribution in [1.29, 1.82) is 0 Å². The second kappa shape index (κ2) is 10.3. The maximum atomic E-state index is 12.7. The summed E-state index contributed by atoms with van der Waals surface area (Å²) in [6, 6.07) is 18.4. The number of carbonyl (C=O) groups excluding carboxylic acids is 1. The van der Waals surface area contributed by atoms with Crippen LogP contribution in [-0.4, -0.2) is 30.7 Å². The summed E-state index contributed by atoms with van der Waals surface area (Å²) in [5.74, 6) is 0.659. The lowest BCUT2D eigenvalue weighted by molar-refractivity contribution is 0.105. The number of nitrogens with one attached hydrogen (secondary N) is 1. The lowest BCUT2D eigenvalue weighted by atomic mass is 10.2. The van der Waals surface area contributed by atoms with Gasteiger partial charge in [-0.1, -0.05) is 69.3 Å². The molecule has 1 heterocycles. The average Bonchev–Trinajstić information content (AvgIpc) is 3.26. The molecule has 8 heteroatoms. The van der Waals surface area contributed by atoms with Gasteiger partial charge < -0.3 is 18.9 Å². The molecule has 0 fully saturated rings. The monoisotopic (exact) mass is 467 g/mol. The molecule has 1 amide bonds. The van der Waals surface area contributed by atoms with Crippen LogP contribution in [0, 0.1) is 0 Å². The van der Waals surface area contributed by atoms with Crippen molar-refractivity contribution in [3.63, 3.8) is 0 Å². The minimum Gasteiger partial charge on any atom is -0.445 e. The molecule has 0 unspecified atom stereocenters. The van der Waals surface area contributed by atoms with Gasteiger partial charge in [0.25, 0.3) is 0 Å². The van der Waals surface area contributed by atoms with Crippen molar-refractivity contribution in [3.8, 4) is 11.5 Å². The first-order valence-corrected chi connectivity index (χ1v) is 14.0. The summed E-state index contributed by atoms with van der Waals surface area (Å²) in [4.78, 5) is 12.7. The molecule has 2 atom stereocenters. The van der Waals surface area contributed by atoms with E-state index in [0.29, 0.717) is 5.89 Å². The van der Waals surface area contributed by atoms with Crippen LogP contribution in [0.1, 0.15) is 45.2 Å². The molecule has 33 heavy (non-hydrogen) atoms. The van der Waals surface area contributed by atoms with E-state index in [4.69, 9.17) is 13.6 Å². The molecule has 7 nitrogen and oxygen atoms in total. The molecule has 0 aliphatic carbocycles. The third kappa shape index (κ3) is 6.52. The van der Waals surface area contributed by atoms with Crippen LogP contribution in [0.3, 0.4) is 0 Å². The van der Waals surface area contributed by atoms with Crippen molar-refractivity contribution in [1.82, 2.24) is 15.5 Å². The van der Waals surface area contributed by atoms with Gasteiger partial charge in [0.15, 0.2) is 8.32 Å². The van der Waals surface area contributed by atoms with Crippen LogP contribution in [-0.2, 0) is 15.8 Å². The Bertz CT molecular complexity index is 1030. The van der Waals surface area contributed by atoms with E-state index in [1.54, 1.807) is 0 Å². The molecule has 0 saturated carbocycles. The second-order valence-electron chi connectivity index (χ2n) is 9.58. The first-order chi connectivity index (χ1) is 15.6. The molecule has 0 aliphatic rings. The van der Waals surface area contributed by atoms with Gasteiger partial charge >= 0.3 is 6.09 Å². The molecule has 2 aromatic carbocycles. The quantitative estimate of drug-likeness (QED) is 0.402. The zero-order valence-corrected chi connectivity index (χ0v) is 21.2. The van der Waals surface area contributed by atoms with Gasteiger partial charge in [0, 0.05) is 5.56 Å². The zero-order valence-electron chi connectivity index (χ0n) is 20.2. The van der Waals surface area contributed by atoms with Gasteiger partial charge in [0.05, 0.1) is 6.10 Å². The maximum Gasteiger partial charge on any atom is 0.408 e. The van der Waals surface area contributed by atoms with Crippen molar-refractivity contribution in [3.05, 3.63) is 72.1 Å². The average molecular weight is 468 g/mol. The highest BCUT2D eigenvalue weighted by Gasteiger charge is 2.41. The highest BCUT2D eigenvalue weighted by Crippen LogP contribution is 2.38. The summed E-state index contributed by atoms with van der Waals surface area (Å²) in [6.07, 6.45) is -0.978. The number of ether oxygens (including phenoxy) is 1. The van der Waals surface area contributed by atoms with Crippen LogP contribution in [0.25, 0.3) is 11.5 Å². The topological polar surface area (TPSA) is 86.5 Å². The van der Waals surface area contributed by atoms with Gasteiger partial charge in [-0.25, -0.2) is 4.79 Å². The summed E-state index contributed by atoms with van der Waals surface area (Å²) < 4.78 is 17.9. The summed E-state index contributed by atoms with van der Waals surface area (Å²) in [5, 5.41) is 11.3. The van der Waals surface area contributed by atoms with E-state index in [2.05, 4.69) is 49.4 Å². The smallest absolute Gasteiger partial charge is 0.408 e. The third-order valence-electron chi connectivity index (χ3n) is 5.97. The van der Waals surface area contributed by atoms with Gasteiger partial charge in [0.2, 0.25) is 11.8 Å². The molecule has 0 radical (unpaired) electrons. The predicted octanol–water partition coefficient (Wildman–Crippen LogP) is 6.11. The van der Waals surface area contributed by atoms with Gasteiger partial charge in [-0.2, -0.15) is 0 Å². The molecule has 3 aromatic rings. The Morgan fingerprint density at radius 2 is 1.64 bits per heavy atom. The number of alkyl carbamates (subject to hydrolysis) is 1. The molecule has 0 bridgehead atoms. The molecule has 0 saturated heterocycles. The number of amides is 1. The number of nitrogens with zero attached hydrogens (tertiary/aromatic N) is 2. The van der Waals surface area contributed by atoms with Crippen LogP contribution in [0.2, 0.25) is 18.1 Å². The molecular weight excluding hydrogens is 434 g/mol. The van der Waals surface area contributed by atoms with Gasteiger partial charge in [-0.3, -0.25) is 0 Å². The maximum absolute atomic E-state index is 12.7. The summed E-state index contributed by atoms with van der Waals surface area (Å²) in [6.45, 7) is 12.9.